The molecule has 0 radical (unpaired) electrons. The number of hydrogen-bond acceptors (Lipinski definition) is 19. The number of rotatable bonds is 24. The number of hydrogen-bond donors (Lipinski definition) is 2. The number of imidazole rings is 3. The lowest BCUT2D eigenvalue weighted by molar-refractivity contribution is -0.141. The van der Waals surface area contributed by atoms with Gasteiger partial charge in [0.15, 0.2) is 33.5 Å². The quantitative estimate of drug-likeness (QED) is 0.0531. The summed E-state index contributed by atoms with van der Waals surface area (Å²) in [6.45, 7) is 10.2. The molecule has 0 unspecified atom stereocenters. The number of nitrogens with two attached hydrogens (primary N) is 1. The summed E-state index contributed by atoms with van der Waals surface area (Å²) < 4.78 is 32.6. The molecule has 9 aromatic carbocycles. The summed E-state index contributed by atoms with van der Waals surface area (Å²) in [5.41, 5.74) is 11.0. The second-order valence-corrected chi connectivity index (χ2v) is 33.6. The lowest BCUT2D eigenvalue weighted by Gasteiger charge is -2.26. The van der Waals surface area contributed by atoms with Crippen LogP contribution in [0.4, 0.5) is 0 Å². The number of methoxy groups -OCH3 is 1. The van der Waals surface area contributed by atoms with Crippen molar-refractivity contribution in [3.8, 4) is 51.2 Å². The van der Waals surface area contributed by atoms with E-state index in [9.17, 15) is 48.3 Å². The molecule has 130 heavy (non-hydrogen) atoms. The van der Waals surface area contributed by atoms with E-state index in [4.69, 9.17) is 109 Å². The molecule has 3 aliphatic heterocycles. The van der Waals surface area contributed by atoms with E-state index >= 15 is 0 Å². The van der Waals surface area contributed by atoms with Crippen LogP contribution >= 0.6 is 69.6 Å². The molecule has 9 heterocycles. The van der Waals surface area contributed by atoms with Crippen LogP contribution in [0, 0.1) is 0 Å². The van der Waals surface area contributed by atoms with E-state index in [-0.39, 0.29) is 53.1 Å². The van der Waals surface area contributed by atoms with Gasteiger partial charge in [0, 0.05) is 108 Å². The van der Waals surface area contributed by atoms with E-state index in [2.05, 4.69) is 14.7 Å². The first kappa shape index (κ1) is 90.7. The van der Waals surface area contributed by atoms with Crippen LogP contribution in [0.5, 0.6) is 0 Å². The first-order valence-corrected chi connectivity index (χ1v) is 43.7. The first-order chi connectivity index (χ1) is 62.9. The zero-order chi connectivity index (χ0) is 91.0. The van der Waals surface area contributed by atoms with E-state index < -0.39 is 71.2 Å². The number of morpholine rings is 3. The van der Waals surface area contributed by atoms with Crippen LogP contribution in [-0.4, -0.2) is 180 Å². The number of fused-ring (bicyclic) bond motifs is 3. The normalized spacial score (nSPS) is 13.9. The second-order valence-electron chi connectivity index (χ2n) is 31.0. The SMILES string of the molecule is COC(=O)Cn1c(=O)c2c(nc(-c3ccccc3Cl)n2-c2ccc(Cl)cc2)n(Cc2ccc(CN3CCOCC3)cc2)c1=O.NC(=O)Cn1c(=O)c2c(nc(-c3ccccc3Cl)n2-c2ccc(Cl)cc2)n(Cc2ccc(CN3CCOCC3)cc2)c1=O.O=C(O)Cn1c(=O)c2c(nc(-c3ccccc3Cl)n2-c2ccc(Cl)cc2)n(Cc2ccc(CN3CCOCC3)cc2)c1=O. The van der Waals surface area contributed by atoms with Gasteiger partial charge in [0.2, 0.25) is 5.91 Å². The summed E-state index contributed by atoms with van der Waals surface area (Å²) in [4.78, 5) is 141. The van der Waals surface area contributed by atoms with Crippen molar-refractivity contribution >= 4 is 121 Å². The maximum Gasteiger partial charge on any atom is 0.333 e. The number of amides is 1. The molecule has 0 atom stereocenters. The highest BCUT2D eigenvalue weighted by molar-refractivity contribution is 6.34. The fourth-order valence-corrected chi connectivity index (χ4v) is 16.9. The van der Waals surface area contributed by atoms with Crippen LogP contribution in [0.15, 0.2) is 247 Å². The minimum atomic E-state index is -1.32. The van der Waals surface area contributed by atoms with Gasteiger partial charge in [-0.15, -0.1) is 0 Å². The van der Waals surface area contributed by atoms with Gasteiger partial charge < -0.3 is 29.8 Å². The van der Waals surface area contributed by atoms with Gasteiger partial charge in [0.05, 0.1) is 81.5 Å². The molecule has 3 N–H and O–H groups in total. The molecule has 6 aromatic heterocycles. The number of halogens is 6. The van der Waals surface area contributed by atoms with Crippen molar-refractivity contribution in [2.45, 2.75) is 58.9 Å². The van der Waals surface area contributed by atoms with Crippen LogP contribution in [-0.2, 0) is 92.2 Å². The number of carbonyl (C=O) groups excluding carboxylic acids is 2. The molecule has 3 fully saturated rings. The Morgan fingerprint density at radius 2 is 0.600 bits per heavy atom. The topological polar surface area (TPSA) is 330 Å². The van der Waals surface area contributed by atoms with E-state index in [1.807, 2.05) is 84.9 Å². The highest BCUT2D eigenvalue weighted by Crippen LogP contribution is 2.37. The number of benzene rings is 9. The summed E-state index contributed by atoms with van der Waals surface area (Å²) in [7, 11) is 1.20. The standard InChI is InChI=1S/C32H29Cl2N5O5.C31H28Cl2N6O4.C31H27Cl2N5O5/c1-43-27(40)20-38-31(41)28-30(35-29(25-4-2-3-5-26(25)34)39(28)24-12-10-23(33)11-13-24)37(32(38)42)19-22-8-6-21(7-9-22)18-36-14-16-44-17-15-36;32-22-9-11-23(12-10-22)39-27-29(35-28(39)24-3-1-2-4-25(24)33)37(31(42)38(30(27)41)19-26(34)40)18-21-7-5-20(6-8-21)17-36-13-15-43-16-14-36;32-22-9-11-23(12-10-22)38-27-29(34-28(38)24-3-1-2-4-25(24)33)36(31(42)37(30(27)41)19-26(39)40)18-21-7-5-20(6-8-21)17-35-13-15-43-16-14-35/h2-13H,14-20H2,1H3;1-12H,13-19H2,(H2,34,40);1-12H,13-19H2,(H,39,40). The number of esters is 1. The molecular weight excluding hydrogens is 1790 g/mol. The minimum absolute atomic E-state index is 0.0435. The van der Waals surface area contributed by atoms with E-state index in [0.29, 0.717) is 94.6 Å². The Hall–Kier alpha value is -12.7. The maximum absolute atomic E-state index is 14.0. The van der Waals surface area contributed by atoms with Gasteiger partial charge in [0.25, 0.3) is 16.7 Å². The Morgan fingerprint density at radius 3 is 0.854 bits per heavy atom. The molecule has 36 heteroatoms. The molecule has 3 saturated heterocycles. The number of aromatic nitrogens is 12. The van der Waals surface area contributed by atoms with Crippen LogP contribution in [0.3, 0.4) is 0 Å². The number of carbonyl (C=O) groups is 3. The fourth-order valence-electron chi connectivity index (χ4n) is 15.9. The Balaban J connectivity index is 0.000000143. The summed E-state index contributed by atoms with van der Waals surface area (Å²) in [6.07, 6.45) is 0. The van der Waals surface area contributed by atoms with Gasteiger partial charge >= 0.3 is 29.0 Å². The molecule has 666 valence electrons. The van der Waals surface area contributed by atoms with Crippen LogP contribution in [0.1, 0.15) is 33.4 Å². The largest absolute Gasteiger partial charge is 0.480 e. The van der Waals surface area contributed by atoms with Crippen molar-refractivity contribution in [1.82, 2.24) is 70.8 Å². The van der Waals surface area contributed by atoms with Crippen molar-refractivity contribution in [3.63, 3.8) is 0 Å². The first-order valence-electron chi connectivity index (χ1n) is 41.5. The highest BCUT2D eigenvalue weighted by atomic mass is 35.5. The second kappa shape index (κ2) is 40.6. The van der Waals surface area contributed by atoms with Crippen molar-refractivity contribution in [1.29, 1.82) is 0 Å². The number of nitrogens with zero attached hydrogens (tertiary/aromatic N) is 15. The van der Waals surface area contributed by atoms with Crippen LogP contribution in [0.25, 0.3) is 84.7 Å². The monoisotopic (exact) mass is 1870 g/mol. The van der Waals surface area contributed by atoms with Crippen molar-refractivity contribution in [3.05, 3.63) is 344 Å². The Bertz CT molecular complexity index is 6850. The molecule has 15 aromatic rings. The zero-order valence-corrected chi connectivity index (χ0v) is 74.5. The number of carboxylic acid groups (broad SMARTS) is 1. The Morgan fingerprint density at radius 1 is 0.346 bits per heavy atom. The number of carboxylic acids is 1. The van der Waals surface area contributed by atoms with Crippen molar-refractivity contribution < 1.29 is 38.4 Å². The summed E-state index contributed by atoms with van der Waals surface area (Å²) in [5.74, 6) is -1.84. The van der Waals surface area contributed by atoms with Gasteiger partial charge in [-0.3, -0.25) is 70.9 Å². The lowest BCUT2D eigenvalue weighted by Crippen LogP contribution is -2.43. The Labute approximate surface area is 771 Å². The molecule has 0 aliphatic carbocycles. The smallest absolute Gasteiger partial charge is 0.333 e. The van der Waals surface area contributed by atoms with Crippen LogP contribution in [0.2, 0.25) is 30.1 Å². The van der Waals surface area contributed by atoms with E-state index in [0.717, 1.165) is 132 Å². The molecule has 0 saturated carbocycles. The number of ether oxygens (including phenoxy) is 4. The minimum Gasteiger partial charge on any atom is -0.480 e. The third-order valence-electron chi connectivity index (χ3n) is 22.4. The third-order valence-corrected chi connectivity index (χ3v) is 24.2. The zero-order valence-electron chi connectivity index (χ0n) is 69.9. The summed E-state index contributed by atoms with van der Waals surface area (Å²) in [6, 6.07) is 65.5. The average Bonchev–Trinajstić information content (AvgIpc) is 1.58. The lowest BCUT2D eigenvalue weighted by atomic mass is 10.1. The number of primary amides is 1. The molecule has 18 rings (SSSR count). The predicted octanol–water partition coefficient (Wildman–Crippen LogP) is 12.4. The molecule has 0 spiro atoms. The fraction of sp³-hybridized carbons (Fsp3) is 0.234. The molecule has 1 amide bonds. The summed E-state index contributed by atoms with van der Waals surface area (Å²) >= 11 is 38.3. The Kier molecular flexibility index (Phi) is 28.3. The van der Waals surface area contributed by atoms with Crippen molar-refractivity contribution in [2.24, 2.45) is 5.73 Å². The highest BCUT2D eigenvalue weighted by Gasteiger charge is 2.31. The van der Waals surface area contributed by atoms with Gasteiger partial charge in [0.1, 0.15) is 37.1 Å². The molecule has 30 nitrogen and oxygen atoms in total. The average molecular weight is 1870 g/mol. The van der Waals surface area contributed by atoms with E-state index in [1.165, 1.54) is 20.8 Å². The molecule has 3 aliphatic rings. The molecule has 0 bridgehead atoms. The van der Waals surface area contributed by atoms with Gasteiger partial charge in [-0.1, -0.05) is 179 Å². The van der Waals surface area contributed by atoms with Crippen molar-refractivity contribution in [2.75, 3.05) is 86.0 Å². The predicted molar refractivity (Wildman–Crippen MR) is 499 cm³/mol. The third kappa shape index (κ3) is 20.0. The van der Waals surface area contributed by atoms with Gasteiger partial charge in [-0.25, -0.2) is 43.0 Å². The van der Waals surface area contributed by atoms with Crippen LogP contribution < -0.4 is 39.5 Å². The molecular formula is C94H84Cl6N16O14. The van der Waals surface area contributed by atoms with E-state index in [1.54, 1.807) is 147 Å². The summed E-state index contributed by atoms with van der Waals surface area (Å²) in [5, 5.41) is 12.3. The van der Waals surface area contributed by atoms with Gasteiger partial charge in [-0.2, -0.15) is 0 Å². The van der Waals surface area contributed by atoms with Gasteiger partial charge in [-0.05, 0) is 143 Å². The maximum atomic E-state index is 14.0. The number of aliphatic carboxylic acids is 1.